The van der Waals surface area contributed by atoms with Gasteiger partial charge in [0.2, 0.25) is 5.91 Å². The Morgan fingerprint density at radius 3 is 2.95 bits per heavy atom. The van der Waals surface area contributed by atoms with E-state index in [1.54, 1.807) is 12.1 Å². The molecule has 1 unspecified atom stereocenters. The highest BCUT2D eigenvalue weighted by molar-refractivity contribution is 5.77. The van der Waals surface area contributed by atoms with Crippen LogP contribution in [0.15, 0.2) is 18.2 Å². The maximum absolute atomic E-state index is 14.0. The molecule has 3 N–H and O–H groups in total. The number of amides is 1. The van der Waals surface area contributed by atoms with Gasteiger partial charge in [0, 0.05) is 30.6 Å². The third-order valence-corrected chi connectivity index (χ3v) is 3.59. The number of nitrogens with zero attached hydrogens (tertiary/aromatic N) is 1. The fourth-order valence-electron chi connectivity index (χ4n) is 2.42. The van der Waals surface area contributed by atoms with Crippen molar-refractivity contribution >= 4 is 5.91 Å². The summed E-state index contributed by atoms with van der Waals surface area (Å²) in [4.78, 5) is 13.2. The number of carbonyl (C=O) groups excluding carboxylic acids is 1. The van der Waals surface area contributed by atoms with E-state index in [1.165, 1.54) is 6.07 Å². The number of aliphatic hydroxyl groups excluding tert-OH is 1. The second kappa shape index (κ2) is 7.21. The molecule has 0 aromatic heterocycles. The molecule has 0 bridgehead atoms. The van der Waals surface area contributed by atoms with Gasteiger partial charge in [-0.2, -0.15) is 0 Å². The molecule has 5 heteroatoms. The Hall–Kier alpha value is -1.90. The first kappa shape index (κ1) is 15.5. The summed E-state index contributed by atoms with van der Waals surface area (Å²) in [6, 6.07) is 4.89. The van der Waals surface area contributed by atoms with Crippen molar-refractivity contribution in [2.45, 2.75) is 19.4 Å². The van der Waals surface area contributed by atoms with Crippen molar-refractivity contribution in [3.63, 3.8) is 0 Å². The van der Waals surface area contributed by atoms with Gasteiger partial charge in [0.15, 0.2) is 0 Å². The summed E-state index contributed by atoms with van der Waals surface area (Å²) in [5.41, 5.74) is 6.48. The maximum atomic E-state index is 14.0. The lowest BCUT2D eigenvalue weighted by Gasteiger charge is -2.15. The van der Waals surface area contributed by atoms with Crippen LogP contribution in [0.4, 0.5) is 4.39 Å². The quantitative estimate of drug-likeness (QED) is 0.809. The minimum absolute atomic E-state index is 0.00353. The van der Waals surface area contributed by atoms with Gasteiger partial charge < -0.3 is 10.8 Å². The molecular weight excluding hydrogens is 271 g/mol. The molecule has 1 aromatic rings. The Kier molecular flexibility index (Phi) is 5.32. The fourth-order valence-corrected chi connectivity index (χ4v) is 2.42. The van der Waals surface area contributed by atoms with E-state index in [2.05, 4.69) is 11.8 Å². The number of primary amides is 1. The Morgan fingerprint density at radius 1 is 1.52 bits per heavy atom. The van der Waals surface area contributed by atoms with Gasteiger partial charge >= 0.3 is 0 Å². The molecule has 0 radical (unpaired) electrons. The van der Waals surface area contributed by atoms with Crippen molar-refractivity contribution in [2.75, 3.05) is 19.7 Å². The summed E-state index contributed by atoms with van der Waals surface area (Å²) in [5, 5.41) is 8.65. The molecule has 112 valence electrons. The van der Waals surface area contributed by atoms with E-state index in [0.29, 0.717) is 30.6 Å². The molecule has 0 spiro atoms. The number of hydrogen-bond donors (Lipinski definition) is 2. The van der Waals surface area contributed by atoms with Gasteiger partial charge in [0.25, 0.3) is 0 Å². The highest BCUT2D eigenvalue weighted by Gasteiger charge is 2.26. The molecule has 1 aromatic carbocycles. The van der Waals surface area contributed by atoms with Gasteiger partial charge in [0.05, 0.1) is 12.5 Å². The second-order valence-corrected chi connectivity index (χ2v) is 5.20. The summed E-state index contributed by atoms with van der Waals surface area (Å²) in [5.74, 6) is 4.85. The molecule has 1 aliphatic heterocycles. The van der Waals surface area contributed by atoms with Crippen molar-refractivity contribution in [2.24, 2.45) is 11.7 Å². The molecule has 0 aliphatic carbocycles. The normalized spacial score (nSPS) is 18.3. The van der Waals surface area contributed by atoms with Crippen molar-refractivity contribution in [1.29, 1.82) is 0 Å². The van der Waals surface area contributed by atoms with E-state index < -0.39 is 0 Å². The third-order valence-electron chi connectivity index (χ3n) is 3.59. The van der Waals surface area contributed by atoms with Gasteiger partial charge in [0.1, 0.15) is 5.82 Å². The third kappa shape index (κ3) is 4.28. The molecule has 1 fully saturated rings. The number of rotatable bonds is 4. The SMILES string of the molecule is NC(=O)C1CCN(Cc2ccc(C#CCCO)cc2F)C1. The molecule has 0 saturated carbocycles. The van der Waals surface area contributed by atoms with Crippen LogP contribution in [0.25, 0.3) is 0 Å². The van der Waals surface area contributed by atoms with Gasteiger partial charge in [-0.15, -0.1) is 0 Å². The Bertz CT molecular complexity index is 577. The number of halogens is 1. The Morgan fingerprint density at radius 2 is 2.33 bits per heavy atom. The zero-order valence-corrected chi connectivity index (χ0v) is 11.8. The standard InChI is InChI=1S/C16H19FN2O2/c17-15-9-12(3-1-2-8-20)4-5-13(15)10-19-7-6-14(11-19)16(18)21/h4-5,9,14,20H,2,6-8,10-11H2,(H2,18,21). The number of likely N-dealkylation sites (tertiary alicyclic amines) is 1. The number of hydrogen-bond acceptors (Lipinski definition) is 3. The molecular formula is C16H19FN2O2. The van der Waals surface area contributed by atoms with Gasteiger partial charge in [-0.25, -0.2) is 4.39 Å². The Balaban J connectivity index is 1.99. The van der Waals surface area contributed by atoms with Crippen LogP contribution in [-0.4, -0.2) is 35.6 Å². The van der Waals surface area contributed by atoms with Crippen LogP contribution in [0.1, 0.15) is 24.0 Å². The molecule has 2 rings (SSSR count). The van der Waals surface area contributed by atoms with E-state index in [-0.39, 0.29) is 24.2 Å². The minimum atomic E-state index is -0.298. The van der Waals surface area contributed by atoms with E-state index in [4.69, 9.17) is 10.8 Å². The summed E-state index contributed by atoms with van der Waals surface area (Å²) in [6.45, 7) is 1.82. The smallest absolute Gasteiger partial charge is 0.221 e. The lowest BCUT2D eigenvalue weighted by atomic mass is 10.1. The van der Waals surface area contributed by atoms with E-state index in [1.807, 2.05) is 4.90 Å². The van der Waals surface area contributed by atoms with Crippen LogP contribution >= 0.6 is 0 Å². The summed E-state index contributed by atoms with van der Waals surface area (Å²) in [6.07, 6.45) is 1.12. The molecule has 1 atom stereocenters. The first-order valence-electron chi connectivity index (χ1n) is 7.00. The predicted octanol–water partition coefficient (Wildman–Crippen LogP) is 0.867. The number of nitrogens with two attached hydrogens (primary N) is 1. The lowest BCUT2D eigenvalue weighted by molar-refractivity contribution is -0.121. The average molecular weight is 290 g/mol. The highest BCUT2D eigenvalue weighted by Crippen LogP contribution is 2.20. The predicted molar refractivity (Wildman–Crippen MR) is 77.6 cm³/mol. The lowest BCUT2D eigenvalue weighted by Crippen LogP contribution is -2.27. The van der Waals surface area contributed by atoms with Gasteiger partial charge in [-0.1, -0.05) is 17.9 Å². The number of carbonyl (C=O) groups is 1. The summed E-state index contributed by atoms with van der Waals surface area (Å²) in [7, 11) is 0. The second-order valence-electron chi connectivity index (χ2n) is 5.20. The molecule has 1 amide bonds. The number of aliphatic hydroxyl groups is 1. The topological polar surface area (TPSA) is 66.6 Å². The zero-order chi connectivity index (χ0) is 15.2. The molecule has 1 heterocycles. The van der Waals surface area contributed by atoms with Crippen molar-refractivity contribution in [1.82, 2.24) is 4.90 Å². The largest absolute Gasteiger partial charge is 0.395 e. The van der Waals surface area contributed by atoms with Crippen LogP contribution in [0.3, 0.4) is 0 Å². The summed E-state index contributed by atoms with van der Waals surface area (Å²) < 4.78 is 14.0. The van der Waals surface area contributed by atoms with Crippen LogP contribution in [-0.2, 0) is 11.3 Å². The molecule has 4 nitrogen and oxygen atoms in total. The first-order chi connectivity index (χ1) is 10.1. The molecule has 1 aliphatic rings. The minimum Gasteiger partial charge on any atom is -0.395 e. The fraction of sp³-hybridized carbons (Fsp3) is 0.438. The highest BCUT2D eigenvalue weighted by atomic mass is 19.1. The van der Waals surface area contributed by atoms with Gasteiger partial charge in [-0.3, -0.25) is 9.69 Å². The summed E-state index contributed by atoms with van der Waals surface area (Å²) >= 11 is 0. The van der Waals surface area contributed by atoms with Crippen molar-refractivity contribution in [3.05, 3.63) is 35.1 Å². The zero-order valence-electron chi connectivity index (χ0n) is 11.8. The molecule has 21 heavy (non-hydrogen) atoms. The first-order valence-corrected chi connectivity index (χ1v) is 7.00. The van der Waals surface area contributed by atoms with E-state index in [9.17, 15) is 9.18 Å². The molecule has 1 saturated heterocycles. The van der Waals surface area contributed by atoms with Crippen molar-refractivity contribution < 1.29 is 14.3 Å². The number of benzene rings is 1. The Labute approximate surface area is 123 Å². The van der Waals surface area contributed by atoms with Crippen LogP contribution in [0.2, 0.25) is 0 Å². The van der Waals surface area contributed by atoms with Crippen LogP contribution in [0.5, 0.6) is 0 Å². The van der Waals surface area contributed by atoms with E-state index >= 15 is 0 Å². The monoisotopic (exact) mass is 290 g/mol. The maximum Gasteiger partial charge on any atom is 0.221 e. The van der Waals surface area contributed by atoms with Crippen LogP contribution in [0, 0.1) is 23.6 Å². The average Bonchev–Trinajstić information content (AvgIpc) is 2.91. The van der Waals surface area contributed by atoms with Gasteiger partial charge in [-0.05, 0) is 25.1 Å². The van der Waals surface area contributed by atoms with E-state index in [0.717, 1.165) is 13.0 Å². The van der Waals surface area contributed by atoms with Crippen LogP contribution < -0.4 is 5.73 Å². The van der Waals surface area contributed by atoms with Crippen molar-refractivity contribution in [3.8, 4) is 11.8 Å².